The maximum Gasteiger partial charge on any atom is 0.424 e. The van der Waals surface area contributed by atoms with Gasteiger partial charge in [0, 0.05) is 5.56 Å². The predicted octanol–water partition coefficient (Wildman–Crippen LogP) is 5.63. The number of halogens is 1. The second kappa shape index (κ2) is 7.33. The molecule has 0 atom stereocenters. The Morgan fingerprint density at radius 1 is 1.04 bits per heavy atom. The van der Waals surface area contributed by atoms with Gasteiger partial charge in [-0.1, -0.05) is 12.7 Å². The highest BCUT2D eigenvalue weighted by atomic mass is 19.1. The Balaban J connectivity index is 2.60. The van der Waals surface area contributed by atoms with Gasteiger partial charge in [-0.15, -0.1) is 0 Å². The lowest BCUT2D eigenvalue weighted by Crippen LogP contribution is -2.44. The van der Waals surface area contributed by atoms with Gasteiger partial charge in [0.05, 0.1) is 5.69 Å². The number of carbonyl (C=O) groups excluding carboxylic acids is 2. The maximum absolute atomic E-state index is 14.7. The quantitative estimate of drug-likeness (QED) is 0.670. The fourth-order valence-corrected chi connectivity index (χ4v) is 3.04. The van der Waals surface area contributed by atoms with Crippen molar-refractivity contribution in [1.29, 1.82) is 0 Å². The van der Waals surface area contributed by atoms with Crippen LogP contribution in [0.15, 0.2) is 12.6 Å². The molecule has 0 radical (unpaired) electrons. The molecule has 0 fully saturated rings. The van der Waals surface area contributed by atoms with Gasteiger partial charge in [0.25, 0.3) is 0 Å². The lowest BCUT2D eigenvalue weighted by Gasteiger charge is -2.30. The van der Waals surface area contributed by atoms with Crippen molar-refractivity contribution in [3.63, 3.8) is 0 Å². The molecule has 0 unspecified atom stereocenters. The second-order valence-electron chi connectivity index (χ2n) is 8.60. The molecule has 0 N–H and O–H groups in total. The van der Waals surface area contributed by atoms with Crippen molar-refractivity contribution in [3.8, 4) is 0 Å². The van der Waals surface area contributed by atoms with Gasteiger partial charge in [0.2, 0.25) is 0 Å². The van der Waals surface area contributed by atoms with Gasteiger partial charge in [-0.25, -0.2) is 14.0 Å². The molecule has 0 heterocycles. The van der Waals surface area contributed by atoms with Crippen molar-refractivity contribution < 1.29 is 23.5 Å². The number of fused-ring (bicyclic) bond motifs is 1. The van der Waals surface area contributed by atoms with Gasteiger partial charge in [-0.05, 0) is 78.0 Å². The Hall–Kier alpha value is -2.37. The zero-order valence-electron chi connectivity index (χ0n) is 16.9. The Labute approximate surface area is 160 Å². The van der Waals surface area contributed by atoms with Crippen LogP contribution in [0.25, 0.3) is 6.08 Å². The minimum Gasteiger partial charge on any atom is -0.443 e. The summed E-state index contributed by atoms with van der Waals surface area (Å²) in [6.07, 6.45) is 1.81. The van der Waals surface area contributed by atoms with E-state index in [0.29, 0.717) is 24.0 Å². The van der Waals surface area contributed by atoms with E-state index in [0.717, 1.165) is 16.9 Å². The Morgan fingerprint density at radius 2 is 1.52 bits per heavy atom. The van der Waals surface area contributed by atoms with E-state index in [1.165, 1.54) is 6.07 Å². The van der Waals surface area contributed by atoms with Gasteiger partial charge in [-0.3, -0.25) is 0 Å². The van der Waals surface area contributed by atoms with Crippen LogP contribution in [-0.2, 0) is 22.3 Å². The van der Waals surface area contributed by atoms with E-state index < -0.39 is 29.2 Å². The van der Waals surface area contributed by atoms with Crippen LogP contribution in [0.1, 0.15) is 64.7 Å². The first-order valence-electron chi connectivity index (χ1n) is 9.07. The SMILES string of the molecule is C=Cc1c(N(C(=O)OC(C)(C)C)C(=O)OC(C)(C)C)cc(F)c2c1CCC2. The first-order valence-corrected chi connectivity index (χ1v) is 9.07. The van der Waals surface area contributed by atoms with E-state index in [-0.39, 0.29) is 5.69 Å². The van der Waals surface area contributed by atoms with Gasteiger partial charge < -0.3 is 9.47 Å². The van der Waals surface area contributed by atoms with Crippen LogP contribution in [0.5, 0.6) is 0 Å². The van der Waals surface area contributed by atoms with E-state index in [4.69, 9.17) is 9.47 Å². The van der Waals surface area contributed by atoms with E-state index in [2.05, 4.69) is 6.58 Å². The maximum atomic E-state index is 14.7. The number of carbonyl (C=O) groups is 2. The number of benzene rings is 1. The summed E-state index contributed by atoms with van der Waals surface area (Å²) in [5.74, 6) is -0.444. The number of anilines is 1. The molecule has 2 amide bonds. The van der Waals surface area contributed by atoms with Crippen molar-refractivity contribution in [2.24, 2.45) is 0 Å². The minimum atomic E-state index is -0.919. The Morgan fingerprint density at radius 3 is 1.96 bits per heavy atom. The smallest absolute Gasteiger partial charge is 0.424 e. The van der Waals surface area contributed by atoms with Crippen molar-refractivity contribution in [3.05, 3.63) is 35.2 Å². The molecule has 1 aromatic carbocycles. The van der Waals surface area contributed by atoms with E-state index >= 15 is 0 Å². The lowest BCUT2D eigenvalue weighted by molar-refractivity contribution is 0.0430. The molecule has 0 aliphatic heterocycles. The third-order valence-corrected chi connectivity index (χ3v) is 3.97. The molecule has 2 rings (SSSR count). The van der Waals surface area contributed by atoms with Crippen molar-refractivity contribution in [1.82, 2.24) is 0 Å². The number of nitrogens with zero attached hydrogens (tertiary/aromatic N) is 1. The summed E-state index contributed by atoms with van der Waals surface area (Å²) in [6, 6.07) is 1.19. The van der Waals surface area contributed by atoms with E-state index in [9.17, 15) is 14.0 Å². The molecule has 6 heteroatoms. The number of hydrogen-bond acceptors (Lipinski definition) is 4. The summed E-state index contributed by atoms with van der Waals surface area (Å²) < 4.78 is 25.4. The van der Waals surface area contributed by atoms with Gasteiger partial charge in [-0.2, -0.15) is 4.90 Å². The average molecular weight is 377 g/mol. The third kappa shape index (κ3) is 4.87. The minimum absolute atomic E-state index is 0.0895. The molecular weight excluding hydrogens is 349 g/mol. The molecule has 0 aromatic heterocycles. The number of amides is 2. The average Bonchev–Trinajstić information content (AvgIpc) is 2.93. The summed E-state index contributed by atoms with van der Waals surface area (Å²) >= 11 is 0. The molecule has 0 saturated heterocycles. The van der Waals surface area contributed by atoms with Crippen LogP contribution in [-0.4, -0.2) is 23.4 Å². The summed E-state index contributed by atoms with van der Waals surface area (Å²) in [6.45, 7) is 13.9. The Kier molecular flexibility index (Phi) is 5.68. The van der Waals surface area contributed by atoms with Gasteiger partial charge in [0.15, 0.2) is 0 Å². The zero-order valence-corrected chi connectivity index (χ0v) is 16.9. The third-order valence-electron chi connectivity index (χ3n) is 3.97. The van der Waals surface area contributed by atoms with Crippen molar-refractivity contribution >= 4 is 23.9 Å². The second-order valence-corrected chi connectivity index (χ2v) is 8.60. The van der Waals surface area contributed by atoms with Crippen molar-refractivity contribution in [2.45, 2.75) is 72.0 Å². The number of ether oxygens (including phenoxy) is 2. The molecule has 0 bridgehead atoms. The Bertz CT molecular complexity index is 744. The number of hydrogen-bond donors (Lipinski definition) is 0. The molecular formula is C21H28FNO4. The topological polar surface area (TPSA) is 55.8 Å². The molecule has 0 spiro atoms. The normalized spacial score (nSPS) is 13.7. The first kappa shape index (κ1) is 20.9. The summed E-state index contributed by atoms with van der Waals surface area (Å²) in [5, 5.41) is 0. The summed E-state index contributed by atoms with van der Waals surface area (Å²) in [7, 11) is 0. The fraction of sp³-hybridized carbons (Fsp3) is 0.524. The molecule has 148 valence electrons. The van der Waals surface area contributed by atoms with Gasteiger partial charge in [0.1, 0.15) is 17.0 Å². The highest BCUT2D eigenvalue weighted by Gasteiger charge is 2.35. The largest absolute Gasteiger partial charge is 0.443 e. The highest BCUT2D eigenvalue weighted by molar-refractivity contribution is 6.11. The summed E-state index contributed by atoms with van der Waals surface area (Å²) in [4.78, 5) is 26.4. The van der Waals surface area contributed by atoms with Crippen LogP contribution in [0.4, 0.5) is 19.7 Å². The summed E-state index contributed by atoms with van der Waals surface area (Å²) in [5.41, 5.74) is 0.369. The molecule has 0 saturated carbocycles. The van der Waals surface area contributed by atoms with Crippen molar-refractivity contribution in [2.75, 3.05) is 4.90 Å². The molecule has 1 aromatic rings. The highest BCUT2D eigenvalue weighted by Crippen LogP contribution is 2.36. The monoisotopic (exact) mass is 377 g/mol. The number of imide groups is 1. The number of rotatable bonds is 2. The van der Waals surface area contributed by atoms with E-state index in [1.807, 2.05) is 0 Å². The van der Waals surface area contributed by atoms with Crippen LogP contribution < -0.4 is 4.90 Å². The molecule has 5 nitrogen and oxygen atoms in total. The van der Waals surface area contributed by atoms with E-state index in [1.54, 1.807) is 47.6 Å². The zero-order chi connectivity index (χ0) is 20.6. The lowest BCUT2D eigenvalue weighted by atomic mass is 10.00. The van der Waals surface area contributed by atoms with Crippen LogP contribution in [0.3, 0.4) is 0 Å². The predicted molar refractivity (Wildman–Crippen MR) is 103 cm³/mol. The van der Waals surface area contributed by atoms with Crippen LogP contribution >= 0.6 is 0 Å². The van der Waals surface area contributed by atoms with Crippen LogP contribution in [0.2, 0.25) is 0 Å². The first-order chi connectivity index (χ1) is 12.3. The fourth-order valence-electron chi connectivity index (χ4n) is 3.04. The standard InChI is InChI=1S/C21H28FNO4/c1-8-13-14-10-9-11-15(14)16(22)12-17(13)23(18(24)26-20(2,3)4)19(25)27-21(5,6)7/h8,12H,1,9-11H2,2-7H3. The van der Waals surface area contributed by atoms with Gasteiger partial charge >= 0.3 is 12.2 Å². The van der Waals surface area contributed by atoms with Crippen LogP contribution in [0, 0.1) is 5.82 Å². The molecule has 27 heavy (non-hydrogen) atoms. The molecule has 1 aliphatic carbocycles. The molecule has 1 aliphatic rings.